The molecule has 0 spiro atoms. The highest BCUT2D eigenvalue weighted by Gasteiger charge is 2.32. The Morgan fingerprint density at radius 1 is 1.18 bits per heavy atom. The van der Waals surface area contributed by atoms with Gasteiger partial charge in [0.2, 0.25) is 0 Å². The van der Waals surface area contributed by atoms with Crippen LogP contribution in [0.25, 0.3) is 0 Å². The fourth-order valence-electron chi connectivity index (χ4n) is 4.10. The number of nitrogens with zero attached hydrogens (tertiary/aromatic N) is 1. The molecule has 0 bridgehead atoms. The lowest BCUT2D eigenvalue weighted by atomic mass is 9.81. The van der Waals surface area contributed by atoms with Crippen LogP contribution in [-0.2, 0) is 6.42 Å². The highest BCUT2D eigenvalue weighted by atomic mass is 35.5. The summed E-state index contributed by atoms with van der Waals surface area (Å²) < 4.78 is 59.8. The lowest BCUT2D eigenvalue weighted by Crippen LogP contribution is -2.47. The van der Waals surface area contributed by atoms with Gasteiger partial charge in [-0.2, -0.15) is 0 Å². The summed E-state index contributed by atoms with van der Waals surface area (Å²) in [6.07, 6.45) is -1.97. The molecule has 0 aliphatic carbocycles. The van der Waals surface area contributed by atoms with Crippen molar-refractivity contribution in [3.8, 4) is 5.75 Å². The molecule has 180 valence electrons. The van der Waals surface area contributed by atoms with Gasteiger partial charge in [0.1, 0.15) is 17.4 Å². The number of rotatable bonds is 8. The van der Waals surface area contributed by atoms with E-state index in [4.69, 9.17) is 16.3 Å². The molecule has 33 heavy (non-hydrogen) atoms. The van der Waals surface area contributed by atoms with Crippen molar-refractivity contribution in [3.05, 3.63) is 58.6 Å². The van der Waals surface area contributed by atoms with E-state index in [2.05, 4.69) is 10.6 Å². The number of halogens is 5. The van der Waals surface area contributed by atoms with E-state index in [0.717, 1.165) is 12.1 Å². The van der Waals surface area contributed by atoms with E-state index in [9.17, 15) is 22.4 Å². The Bertz CT molecular complexity index is 923. The summed E-state index contributed by atoms with van der Waals surface area (Å²) in [5.41, 5.74) is 0.442. The van der Waals surface area contributed by atoms with Gasteiger partial charge in [-0.05, 0) is 55.5 Å². The first-order valence-electron chi connectivity index (χ1n) is 10.6. The molecule has 0 saturated carbocycles. The molecule has 10 heteroatoms. The van der Waals surface area contributed by atoms with E-state index in [0.29, 0.717) is 23.7 Å². The third-order valence-corrected chi connectivity index (χ3v) is 6.07. The van der Waals surface area contributed by atoms with Crippen LogP contribution in [0.1, 0.15) is 12.0 Å². The molecule has 3 rings (SSSR count). The Morgan fingerprint density at radius 3 is 2.45 bits per heavy atom. The van der Waals surface area contributed by atoms with Crippen LogP contribution in [0.3, 0.4) is 0 Å². The van der Waals surface area contributed by atoms with Gasteiger partial charge in [0, 0.05) is 41.5 Å². The quantitative estimate of drug-likeness (QED) is 0.504. The van der Waals surface area contributed by atoms with Crippen molar-refractivity contribution < 1.29 is 27.1 Å². The van der Waals surface area contributed by atoms with Crippen molar-refractivity contribution in [3.63, 3.8) is 0 Å². The summed E-state index contributed by atoms with van der Waals surface area (Å²) in [5.74, 6) is -1.90. The number of hydrogen-bond donors (Lipinski definition) is 2. The van der Waals surface area contributed by atoms with E-state index in [1.807, 2.05) is 0 Å². The summed E-state index contributed by atoms with van der Waals surface area (Å²) in [5, 5.41) is 6.00. The van der Waals surface area contributed by atoms with Gasteiger partial charge in [0.15, 0.2) is 0 Å². The van der Waals surface area contributed by atoms with E-state index in [1.54, 1.807) is 29.2 Å². The number of carbonyl (C=O) groups excluding carboxylic acids is 1. The molecule has 2 unspecified atom stereocenters. The lowest BCUT2D eigenvalue weighted by Gasteiger charge is -2.38. The van der Waals surface area contributed by atoms with Crippen LogP contribution in [-0.4, -0.2) is 50.6 Å². The molecule has 1 fully saturated rings. The molecule has 2 atom stereocenters. The zero-order valence-electron chi connectivity index (χ0n) is 18.1. The Kier molecular flexibility index (Phi) is 8.80. The fraction of sp³-hybridized carbons (Fsp3) is 0.435. The molecular formula is C23H26ClF4N3O2. The maximum absolute atomic E-state index is 14.5. The number of urea groups is 1. The van der Waals surface area contributed by atoms with Crippen LogP contribution in [0.2, 0.25) is 5.02 Å². The average molecular weight is 488 g/mol. The molecular weight excluding hydrogens is 462 g/mol. The van der Waals surface area contributed by atoms with Gasteiger partial charge in [-0.1, -0.05) is 11.6 Å². The number of methoxy groups -OCH3 is 1. The Labute approximate surface area is 195 Å². The van der Waals surface area contributed by atoms with Gasteiger partial charge in [0.05, 0.1) is 13.7 Å². The van der Waals surface area contributed by atoms with Gasteiger partial charge >= 0.3 is 6.03 Å². The van der Waals surface area contributed by atoms with Crippen molar-refractivity contribution in [2.45, 2.75) is 19.3 Å². The molecule has 2 aromatic carbocycles. The second kappa shape index (κ2) is 11.6. The number of amides is 2. The number of hydrogen-bond acceptors (Lipinski definition) is 3. The van der Waals surface area contributed by atoms with Crippen molar-refractivity contribution >= 4 is 23.3 Å². The minimum absolute atomic E-state index is 0.0204. The standard InChI is InChI=1S/C23H26ClF4N3O2/c1-33-18-9-20(25)19(21(26)10-18)8-15-12-31(13-22(27)28)7-6-14(15)11-29-23(32)30-17-4-2-16(24)3-5-17/h2-5,9-10,14-15,22H,6-8,11-13H2,1H3,(H2,29,30,32). The van der Waals surface area contributed by atoms with Gasteiger partial charge in [0.25, 0.3) is 6.43 Å². The van der Waals surface area contributed by atoms with Gasteiger partial charge in [-0.25, -0.2) is 22.4 Å². The zero-order chi connectivity index (χ0) is 24.0. The summed E-state index contributed by atoms with van der Waals surface area (Å²) in [6.45, 7) is 0.507. The molecule has 5 nitrogen and oxygen atoms in total. The van der Waals surface area contributed by atoms with Gasteiger partial charge in [-0.15, -0.1) is 0 Å². The third-order valence-electron chi connectivity index (χ3n) is 5.82. The molecule has 0 aromatic heterocycles. The summed E-state index contributed by atoms with van der Waals surface area (Å²) in [7, 11) is 1.31. The SMILES string of the molecule is COc1cc(F)c(CC2CN(CC(F)F)CCC2CNC(=O)Nc2ccc(Cl)cc2)c(F)c1. The first kappa shape index (κ1) is 25.1. The fourth-order valence-corrected chi connectivity index (χ4v) is 4.23. The van der Waals surface area contributed by atoms with Crippen LogP contribution in [0.5, 0.6) is 5.75 Å². The minimum atomic E-state index is -2.50. The van der Waals surface area contributed by atoms with Gasteiger partial charge < -0.3 is 15.4 Å². The van der Waals surface area contributed by atoms with Crippen LogP contribution in [0, 0.1) is 23.5 Å². The highest BCUT2D eigenvalue weighted by Crippen LogP contribution is 2.30. The predicted molar refractivity (Wildman–Crippen MR) is 119 cm³/mol. The zero-order valence-corrected chi connectivity index (χ0v) is 18.8. The molecule has 1 saturated heterocycles. The Balaban J connectivity index is 1.68. The van der Waals surface area contributed by atoms with Crippen LogP contribution in [0.15, 0.2) is 36.4 Å². The molecule has 2 N–H and O–H groups in total. The van der Waals surface area contributed by atoms with Crippen LogP contribution in [0.4, 0.5) is 28.0 Å². The molecule has 1 aliphatic rings. The minimum Gasteiger partial charge on any atom is -0.497 e. The summed E-state index contributed by atoms with van der Waals surface area (Å²) in [6, 6.07) is 8.36. The molecule has 2 amide bonds. The number of benzene rings is 2. The van der Waals surface area contributed by atoms with E-state index < -0.39 is 30.6 Å². The second-order valence-corrected chi connectivity index (χ2v) is 8.51. The lowest BCUT2D eigenvalue weighted by molar-refractivity contribution is 0.0465. The summed E-state index contributed by atoms with van der Waals surface area (Å²) in [4.78, 5) is 13.9. The van der Waals surface area contributed by atoms with E-state index >= 15 is 0 Å². The predicted octanol–water partition coefficient (Wildman–Crippen LogP) is 5.19. The smallest absolute Gasteiger partial charge is 0.319 e. The second-order valence-electron chi connectivity index (χ2n) is 8.08. The van der Waals surface area contributed by atoms with Crippen molar-refractivity contribution in [1.29, 1.82) is 0 Å². The van der Waals surface area contributed by atoms with Crippen molar-refractivity contribution in [2.75, 3.05) is 38.6 Å². The number of carbonyl (C=O) groups is 1. The van der Waals surface area contributed by atoms with E-state index in [-0.39, 0.29) is 42.7 Å². The molecule has 1 heterocycles. The number of alkyl halides is 2. The normalized spacial score (nSPS) is 18.9. The molecule has 2 aromatic rings. The summed E-state index contributed by atoms with van der Waals surface area (Å²) >= 11 is 5.84. The number of likely N-dealkylation sites (tertiary alicyclic amines) is 1. The number of ether oxygens (including phenoxy) is 1. The first-order chi connectivity index (χ1) is 15.7. The Hall–Kier alpha value is -2.52. The van der Waals surface area contributed by atoms with Gasteiger partial charge in [-0.3, -0.25) is 4.90 Å². The van der Waals surface area contributed by atoms with Crippen molar-refractivity contribution in [2.24, 2.45) is 11.8 Å². The Morgan fingerprint density at radius 2 is 1.85 bits per heavy atom. The first-order valence-corrected chi connectivity index (χ1v) is 11.0. The third kappa shape index (κ3) is 7.23. The number of anilines is 1. The number of nitrogens with one attached hydrogen (secondary N) is 2. The largest absolute Gasteiger partial charge is 0.497 e. The maximum Gasteiger partial charge on any atom is 0.319 e. The highest BCUT2D eigenvalue weighted by molar-refractivity contribution is 6.30. The van der Waals surface area contributed by atoms with Crippen LogP contribution < -0.4 is 15.4 Å². The maximum atomic E-state index is 14.5. The topological polar surface area (TPSA) is 53.6 Å². The molecule has 0 radical (unpaired) electrons. The average Bonchev–Trinajstić information content (AvgIpc) is 2.76. The monoisotopic (exact) mass is 487 g/mol. The van der Waals surface area contributed by atoms with E-state index in [1.165, 1.54) is 7.11 Å². The number of piperidine rings is 1. The van der Waals surface area contributed by atoms with Crippen LogP contribution >= 0.6 is 11.6 Å². The molecule has 1 aliphatic heterocycles. The van der Waals surface area contributed by atoms with Crippen molar-refractivity contribution in [1.82, 2.24) is 10.2 Å².